The van der Waals surface area contributed by atoms with Crippen molar-refractivity contribution in [3.8, 4) is 0 Å². The van der Waals surface area contributed by atoms with Gasteiger partial charge < -0.3 is 29.9 Å². The smallest absolute Gasteiger partial charge is 0.386 e. The Kier molecular flexibility index (Phi) is 35.0. The van der Waals surface area contributed by atoms with E-state index in [-0.39, 0.29) is 48.3 Å². The van der Waals surface area contributed by atoms with E-state index in [0.29, 0.717) is 13.2 Å². The van der Waals surface area contributed by atoms with E-state index in [4.69, 9.17) is 29.0 Å². The van der Waals surface area contributed by atoms with Gasteiger partial charge in [0.2, 0.25) is 0 Å². The van der Waals surface area contributed by atoms with E-state index in [9.17, 15) is 23.7 Å². The summed E-state index contributed by atoms with van der Waals surface area (Å²) in [7, 11) is -4.63. The van der Waals surface area contributed by atoms with Gasteiger partial charge in [0, 0.05) is 48.3 Å². The number of hydrogen-bond donors (Lipinski definition) is 3. The van der Waals surface area contributed by atoms with E-state index in [1.807, 2.05) is 0 Å². The summed E-state index contributed by atoms with van der Waals surface area (Å²) in [5, 5.41) is 10.6. The van der Waals surface area contributed by atoms with Crippen LogP contribution in [0.4, 0.5) is 10.2 Å². The molecule has 1 fully saturated rings. The Morgan fingerprint density at radius 1 is 0.767 bits per heavy atom. The Labute approximate surface area is 384 Å². The van der Waals surface area contributed by atoms with Crippen LogP contribution < -0.4 is 11.4 Å². The predicted octanol–water partition coefficient (Wildman–Crippen LogP) is 10.9. The largest absolute Gasteiger partial charge is 0.472 e. The second-order valence-corrected chi connectivity index (χ2v) is 18.0. The predicted molar refractivity (Wildman–Crippen MR) is 241 cm³/mol. The van der Waals surface area contributed by atoms with Crippen LogP contribution in [0.5, 0.6) is 0 Å². The van der Waals surface area contributed by atoms with Crippen molar-refractivity contribution in [1.82, 2.24) is 9.55 Å². The molecular weight excluding hydrogens is 799 g/mol. The number of halogens is 1. The molecule has 1 aromatic rings. The maximum absolute atomic E-state index is 14.0. The Bertz CT molecular complexity index is 1330. The van der Waals surface area contributed by atoms with E-state index in [1.54, 1.807) is 0 Å². The van der Waals surface area contributed by atoms with Gasteiger partial charge >= 0.3 is 13.5 Å². The van der Waals surface area contributed by atoms with E-state index in [1.165, 1.54) is 148 Å². The summed E-state index contributed by atoms with van der Waals surface area (Å²) in [5.41, 5.74) is 4.48. The van der Waals surface area contributed by atoms with Crippen molar-refractivity contribution in [2.24, 2.45) is 0 Å². The summed E-state index contributed by atoms with van der Waals surface area (Å²) in [6.45, 7) is 8.72. The quantitative estimate of drug-likeness (QED) is 0.0249. The summed E-state index contributed by atoms with van der Waals surface area (Å²) in [6, 6.07) is 0. The molecule has 0 amide bonds. The molecule has 0 bridgehead atoms. The minimum atomic E-state index is -4.63. The number of unbranched alkanes of at least 4 members (excludes halogenated alkanes) is 26. The van der Waals surface area contributed by atoms with Gasteiger partial charge in [0.05, 0.1) is 26.0 Å². The maximum Gasteiger partial charge on any atom is 0.472 e. The molecule has 60 heavy (non-hydrogen) atoms. The molecule has 4 N–H and O–H groups in total. The van der Waals surface area contributed by atoms with Gasteiger partial charge in [-0.1, -0.05) is 187 Å². The van der Waals surface area contributed by atoms with Crippen LogP contribution >= 0.6 is 7.82 Å². The first-order chi connectivity index (χ1) is 28.6. The summed E-state index contributed by atoms with van der Waals surface area (Å²) in [5.74, 6) is -1.52. The number of nitrogen functional groups attached to an aromatic ring is 1. The first kappa shape index (κ1) is 57.3. The molecule has 1 radical (unpaired) electrons. The number of phosphoric ester groups is 1. The second kappa shape index (κ2) is 36.6. The van der Waals surface area contributed by atoms with Crippen molar-refractivity contribution in [3.05, 3.63) is 34.7 Å². The summed E-state index contributed by atoms with van der Waals surface area (Å²) < 4.78 is 55.9. The zero-order valence-electron chi connectivity index (χ0n) is 38.0. The van der Waals surface area contributed by atoms with Crippen LogP contribution in [0.15, 0.2) is 23.1 Å². The summed E-state index contributed by atoms with van der Waals surface area (Å²) in [6.07, 6.45) is 32.0. The molecule has 0 aromatic carbocycles. The summed E-state index contributed by atoms with van der Waals surface area (Å²) >= 11 is 0. The van der Waals surface area contributed by atoms with E-state index >= 15 is 0 Å². The van der Waals surface area contributed by atoms with Crippen molar-refractivity contribution in [2.45, 2.75) is 218 Å². The number of aliphatic hydroxyl groups is 1. The zero-order chi connectivity index (χ0) is 43.0. The van der Waals surface area contributed by atoms with Gasteiger partial charge in [0.25, 0.3) is 0 Å². The number of ether oxygens (including phenoxy) is 3. The van der Waals surface area contributed by atoms with Crippen LogP contribution in [0.2, 0.25) is 0 Å². The van der Waals surface area contributed by atoms with Gasteiger partial charge in [-0.2, -0.15) is 4.98 Å². The monoisotopic (exact) mass is 883 g/mol. The number of hydrogen-bond acceptors (Lipinski definition) is 10. The molecule has 5 atom stereocenters. The Balaban J connectivity index is 0.0000180. The molecule has 345 valence electrons. The van der Waals surface area contributed by atoms with E-state index in [0.717, 1.165) is 42.9 Å². The molecule has 12 nitrogen and oxygen atoms in total. The average molecular weight is 883 g/mol. The Hall–Kier alpha value is -0.700. The molecule has 2 rings (SSSR count). The van der Waals surface area contributed by atoms with E-state index in [2.05, 4.69) is 25.4 Å². The van der Waals surface area contributed by atoms with Gasteiger partial charge in [-0.3, -0.25) is 13.6 Å². The molecule has 2 heterocycles. The molecule has 1 aliphatic heterocycles. The standard InChI is InChI=1S/C45H83FN3O9P.Na/c1-4-6-8-10-12-14-16-18-20-22-24-26-28-30-32-54-35-39(55-33-31-29-27-25-23-21-19-17-15-13-11-9-7-5-2)36-56-59(52,53)57-37-41-42(50)38(3)44(58-41)49-34-40(46)43(47)48-45(49)51;/h34,39,41-42,44,50H,3-33,35-37H2,1-2H3,(H,52,53)(H2,47,48,51);/t39-,41-,42+,44-;/m1./s1. The van der Waals surface area contributed by atoms with Gasteiger partial charge in [-0.15, -0.1) is 0 Å². The molecule has 1 unspecified atom stereocenters. The number of anilines is 1. The van der Waals surface area contributed by atoms with Crippen LogP contribution in [-0.2, 0) is 27.8 Å². The van der Waals surface area contributed by atoms with Gasteiger partial charge in [0.15, 0.2) is 17.9 Å². The van der Waals surface area contributed by atoms with Crippen LogP contribution in [0, 0.1) is 5.82 Å². The summed E-state index contributed by atoms with van der Waals surface area (Å²) in [4.78, 5) is 26.2. The number of aromatic nitrogens is 2. The molecule has 1 saturated heterocycles. The fraction of sp³-hybridized carbons (Fsp3) is 0.867. The topological polar surface area (TPSA) is 165 Å². The first-order valence-electron chi connectivity index (χ1n) is 23.5. The molecule has 1 aromatic heterocycles. The minimum absolute atomic E-state index is 0. The van der Waals surface area contributed by atoms with Crippen LogP contribution in [0.3, 0.4) is 0 Å². The van der Waals surface area contributed by atoms with Crippen molar-refractivity contribution >= 4 is 43.2 Å². The zero-order valence-corrected chi connectivity index (χ0v) is 40.9. The normalized spacial score (nSPS) is 18.1. The molecular formula is C45H83FN3NaO9P. The Morgan fingerprint density at radius 2 is 1.20 bits per heavy atom. The Morgan fingerprint density at radius 3 is 1.67 bits per heavy atom. The van der Waals surface area contributed by atoms with E-state index < -0.39 is 56.3 Å². The number of nitrogens with two attached hydrogens (primary N) is 1. The number of phosphoric acid groups is 1. The average Bonchev–Trinajstić information content (AvgIpc) is 3.50. The molecule has 0 saturated carbocycles. The van der Waals surface area contributed by atoms with Crippen LogP contribution in [0.25, 0.3) is 0 Å². The third kappa shape index (κ3) is 26.8. The minimum Gasteiger partial charge on any atom is -0.386 e. The number of nitrogens with zero attached hydrogens (tertiary/aromatic N) is 2. The van der Waals surface area contributed by atoms with Gasteiger partial charge in [-0.05, 0) is 12.8 Å². The second-order valence-electron chi connectivity index (χ2n) is 16.5. The number of aliphatic hydroxyl groups excluding tert-OH is 1. The van der Waals surface area contributed by atoms with Crippen LogP contribution in [-0.4, -0.2) is 100 Å². The van der Waals surface area contributed by atoms with Gasteiger partial charge in [0.1, 0.15) is 18.3 Å². The SMILES string of the molecule is C=C1[C@H](n2cc(F)c(N)nc2=O)O[C@H](COP(=O)(O)OC[C@@H](COCCCCCCCCCCCCCCCC)OCCCCCCCCCCCCCCCC)[C@H]1O.[Na]. The molecule has 15 heteroatoms. The molecule has 0 aliphatic carbocycles. The van der Waals surface area contributed by atoms with Crippen molar-refractivity contribution in [3.63, 3.8) is 0 Å². The van der Waals surface area contributed by atoms with Crippen molar-refractivity contribution in [1.29, 1.82) is 0 Å². The van der Waals surface area contributed by atoms with Gasteiger partial charge in [-0.25, -0.2) is 13.8 Å². The van der Waals surface area contributed by atoms with Crippen molar-refractivity contribution in [2.75, 3.05) is 38.8 Å². The van der Waals surface area contributed by atoms with Crippen molar-refractivity contribution < 1.29 is 42.2 Å². The third-order valence-electron chi connectivity index (χ3n) is 11.2. The first-order valence-corrected chi connectivity index (χ1v) is 25.0. The molecule has 1 aliphatic rings. The fourth-order valence-electron chi connectivity index (χ4n) is 7.40. The maximum atomic E-state index is 14.0. The third-order valence-corrected chi connectivity index (χ3v) is 12.1. The van der Waals surface area contributed by atoms with Crippen LogP contribution in [0.1, 0.15) is 200 Å². The number of rotatable bonds is 40. The fourth-order valence-corrected chi connectivity index (χ4v) is 8.16. The molecule has 0 spiro atoms.